The van der Waals surface area contributed by atoms with Gasteiger partial charge in [-0.25, -0.2) is 4.98 Å². The first-order valence-electron chi connectivity index (χ1n) is 8.15. The fraction of sp³-hybridized carbons (Fsp3) is 0.412. The molecule has 6 nitrogen and oxygen atoms in total. The third kappa shape index (κ3) is 4.62. The molecule has 0 spiro atoms. The summed E-state index contributed by atoms with van der Waals surface area (Å²) < 4.78 is 5.54. The van der Waals surface area contributed by atoms with Crippen LogP contribution in [0.4, 0.5) is 5.13 Å². The number of nitrogens with two attached hydrogens (primary N) is 1. The molecule has 1 aliphatic heterocycles. The minimum Gasteiger partial charge on any atom is -0.375 e. The predicted molar refractivity (Wildman–Crippen MR) is 104 cm³/mol. The zero-order valence-electron chi connectivity index (χ0n) is 14.1. The fourth-order valence-electron chi connectivity index (χ4n) is 2.80. The summed E-state index contributed by atoms with van der Waals surface area (Å²) in [6.07, 6.45) is 1.68. The van der Waals surface area contributed by atoms with Gasteiger partial charge in [-0.05, 0) is 17.7 Å². The summed E-state index contributed by atoms with van der Waals surface area (Å²) in [5.41, 5.74) is 7.19. The van der Waals surface area contributed by atoms with E-state index < -0.39 is 0 Å². The van der Waals surface area contributed by atoms with Crippen LogP contribution in [0.1, 0.15) is 11.7 Å². The summed E-state index contributed by atoms with van der Waals surface area (Å²) in [6, 6.07) is 7.64. The van der Waals surface area contributed by atoms with Crippen molar-refractivity contribution in [1.29, 1.82) is 0 Å². The molecule has 0 aliphatic carbocycles. The Bertz CT molecular complexity index is 701. The van der Waals surface area contributed by atoms with Crippen LogP contribution in [0.3, 0.4) is 0 Å². The van der Waals surface area contributed by atoms with E-state index in [4.69, 9.17) is 22.1 Å². The van der Waals surface area contributed by atoms with Crippen molar-refractivity contribution in [3.05, 3.63) is 46.4 Å². The Kier molecular flexibility index (Phi) is 6.12. The highest BCUT2D eigenvalue weighted by Gasteiger charge is 2.20. The third-order valence-corrected chi connectivity index (χ3v) is 5.28. The molecule has 1 aliphatic rings. The molecule has 0 radical (unpaired) electrons. The molecule has 0 amide bonds. The first-order chi connectivity index (χ1) is 12.2. The van der Waals surface area contributed by atoms with Crippen molar-refractivity contribution in [2.75, 3.05) is 44.7 Å². The Morgan fingerprint density at radius 3 is 2.84 bits per heavy atom. The summed E-state index contributed by atoms with van der Waals surface area (Å²) in [4.78, 5) is 13.3. The van der Waals surface area contributed by atoms with Gasteiger partial charge in [0, 0.05) is 49.9 Å². The Morgan fingerprint density at radius 2 is 2.20 bits per heavy atom. The number of guanidine groups is 1. The molecule has 134 valence electrons. The van der Waals surface area contributed by atoms with Crippen LogP contribution in [0.15, 0.2) is 40.8 Å². The lowest BCUT2D eigenvalue weighted by Crippen LogP contribution is -2.51. The van der Waals surface area contributed by atoms with Gasteiger partial charge in [0.25, 0.3) is 0 Å². The van der Waals surface area contributed by atoms with Crippen molar-refractivity contribution in [3.63, 3.8) is 0 Å². The lowest BCUT2D eigenvalue weighted by atomic mass is 10.1. The maximum atomic E-state index is 6.19. The largest absolute Gasteiger partial charge is 0.375 e. The molecule has 1 atom stereocenters. The zero-order chi connectivity index (χ0) is 17.6. The van der Waals surface area contributed by atoms with Crippen molar-refractivity contribution >= 4 is 34.0 Å². The number of benzene rings is 1. The van der Waals surface area contributed by atoms with Crippen LogP contribution < -0.4 is 10.6 Å². The van der Waals surface area contributed by atoms with Crippen LogP contribution >= 0.6 is 22.9 Å². The van der Waals surface area contributed by atoms with E-state index in [1.54, 1.807) is 18.4 Å². The average molecular weight is 380 g/mol. The molecular formula is C17H22ClN5OS. The SMILES string of the molecule is COC(CN=C(N)N1CCN(c2nccs2)CC1)c1cccc(Cl)c1. The first-order valence-corrected chi connectivity index (χ1v) is 9.40. The van der Waals surface area contributed by atoms with Crippen LogP contribution in [0.2, 0.25) is 5.02 Å². The third-order valence-electron chi connectivity index (χ3n) is 4.22. The molecule has 1 aromatic heterocycles. The molecule has 1 fully saturated rings. The molecule has 1 aromatic carbocycles. The summed E-state index contributed by atoms with van der Waals surface area (Å²) in [6.45, 7) is 3.93. The lowest BCUT2D eigenvalue weighted by Gasteiger charge is -2.35. The standard InChI is InChI=1S/C17H22ClN5OS/c1-24-15(13-3-2-4-14(18)11-13)12-21-16(19)22-6-8-23(9-7-22)17-20-5-10-25-17/h2-5,10-11,15H,6-9,12H2,1H3,(H2,19,21). The highest BCUT2D eigenvalue weighted by Crippen LogP contribution is 2.21. The zero-order valence-corrected chi connectivity index (χ0v) is 15.7. The van der Waals surface area contributed by atoms with Gasteiger partial charge in [0.2, 0.25) is 0 Å². The van der Waals surface area contributed by atoms with E-state index in [-0.39, 0.29) is 6.10 Å². The highest BCUT2D eigenvalue weighted by atomic mass is 35.5. The second kappa shape index (κ2) is 8.51. The number of hydrogen-bond acceptors (Lipinski definition) is 5. The van der Waals surface area contributed by atoms with Crippen LogP contribution in [0, 0.1) is 0 Å². The van der Waals surface area contributed by atoms with Crippen LogP contribution in [0.25, 0.3) is 0 Å². The van der Waals surface area contributed by atoms with Gasteiger partial charge in [-0.2, -0.15) is 0 Å². The number of halogens is 1. The molecular weight excluding hydrogens is 358 g/mol. The Labute approximate surface area is 156 Å². The Balaban J connectivity index is 1.56. The second-order valence-corrected chi connectivity index (χ2v) is 7.08. The molecule has 0 saturated carbocycles. The second-order valence-electron chi connectivity index (χ2n) is 5.77. The van der Waals surface area contributed by atoms with E-state index in [9.17, 15) is 0 Å². The van der Waals surface area contributed by atoms with Gasteiger partial charge in [0.05, 0.1) is 6.54 Å². The quantitative estimate of drug-likeness (QED) is 0.639. The Hall–Kier alpha value is -1.83. The van der Waals surface area contributed by atoms with Crippen molar-refractivity contribution in [2.45, 2.75) is 6.10 Å². The number of methoxy groups -OCH3 is 1. The predicted octanol–water partition coefficient (Wildman–Crippen LogP) is 2.62. The number of aromatic nitrogens is 1. The molecule has 2 aromatic rings. The summed E-state index contributed by atoms with van der Waals surface area (Å²) in [7, 11) is 1.67. The number of rotatable bonds is 5. The van der Waals surface area contributed by atoms with E-state index >= 15 is 0 Å². The number of nitrogens with zero attached hydrogens (tertiary/aromatic N) is 4. The number of ether oxygens (including phenoxy) is 1. The van der Waals surface area contributed by atoms with Gasteiger partial charge < -0.3 is 20.3 Å². The van der Waals surface area contributed by atoms with Gasteiger partial charge in [0.1, 0.15) is 6.10 Å². The summed E-state index contributed by atoms with van der Waals surface area (Å²) in [5.74, 6) is 0.558. The molecule has 1 saturated heterocycles. The van der Waals surface area contributed by atoms with Crippen LogP contribution in [-0.2, 0) is 4.74 Å². The molecule has 1 unspecified atom stereocenters. The summed E-state index contributed by atoms with van der Waals surface area (Å²) >= 11 is 7.72. The van der Waals surface area contributed by atoms with E-state index in [2.05, 4.69) is 19.8 Å². The molecule has 2 N–H and O–H groups in total. The van der Waals surface area contributed by atoms with Gasteiger partial charge in [-0.15, -0.1) is 11.3 Å². The van der Waals surface area contributed by atoms with Crippen molar-refractivity contribution in [1.82, 2.24) is 9.88 Å². The number of thiazole rings is 1. The van der Waals surface area contributed by atoms with Crippen molar-refractivity contribution in [3.8, 4) is 0 Å². The molecule has 2 heterocycles. The minimum absolute atomic E-state index is 0.158. The van der Waals surface area contributed by atoms with Crippen LogP contribution in [0.5, 0.6) is 0 Å². The topological polar surface area (TPSA) is 67.0 Å². The minimum atomic E-state index is -0.158. The van der Waals surface area contributed by atoms with E-state index in [0.717, 1.165) is 36.9 Å². The van der Waals surface area contributed by atoms with E-state index in [1.807, 2.05) is 35.8 Å². The van der Waals surface area contributed by atoms with Gasteiger partial charge in [-0.3, -0.25) is 4.99 Å². The highest BCUT2D eigenvalue weighted by molar-refractivity contribution is 7.13. The number of aliphatic imine (C=N–C) groups is 1. The van der Waals surface area contributed by atoms with E-state index in [1.165, 1.54) is 0 Å². The van der Waals surface area contributed by atoms with E-state index in [0.29, 0.717) is 17.5 Å². The smallest absolute Gasteiger partial charge is 0.191 e. The number of anilines is 1. The van der Waals surface area contributed by atoms with Crippen molar-refractivity contribution < 1.29 is 4.74 Å². The monoisotopic (exact) mass is 379 g/mol. The molecule has 25 heavy (non-hydrogen) atoms. The lowest BCUT2D eigenvalue weighted by molar-refractivity contribution is 0.110. The van der Waals surface area contributed by atoms with Gasteiger partial charge in [0.15, 0.2) is 11.1 Å². The normalized spacial score (nSPS) is 17.0. The van der Waals surface area contributed by atoms with Crippen LogP contribution in [-0.4, -0.2) is 55.7 Å². The average Bonchev–Trinajstić information content (AvgIpc) is 3.17. The maximum absolute atomic E-state index is 6.19. The molecule has 0 bridgehead atoms. The fourth-order valence-corrected chi connectivity index (χ4v) is 3.69. The summed E-state index contributed by atoms with van der Waals surface area (Å²) in [5, 5.41) is 3.75. The molecule has 3 rings (SSSR count). The Morgan fingerprint density at radius 1 is 1.40 bits per heavy atom. The van der Waals surface area contributed by atoms with Gasteiger partial charge >= 0.3 is 0 Å². The van der Waals surface area contributed by atoms with Crippen molar-refractivity contribution in [2.24, 2.45) is 10.7 Å². The number of hydrogen-bond donors (Lipinski definition) is 1. The number of piperazine rings is 1. The van der Waals surface area contributed by atoms with Gasteiger partial charge in [-0.1, -0.05) is 23.7 Å². The molecule has 8 heteroatoms. The first kappa shape index (κ1) is 18.0. The maximum Gasteiger partial charge on any atom is 0.191 e.